The maximum atomic E-state index is 12.8. The van der Waals surface area contributed by atoms with Crippen LogP contribution < -0.4 is 10.5 Å². The number of nitrogens with two attached hydrogens (primary N) is 1. The van der Waals surface area contributed by atoms with Gasteiger partial charge in [-0.3, -0.25) is 0 Å². The van der Waals surface area contributed by atoms with Crippen molar-refractivity contribution in [1.29, 1.82) is 0 Å². The molecule has 3 aromatic rings. The van der Waals surface area contributed by atoms with Gasteiger partial charge in [0.2, 0.25) is 16.0 Å². The number of hydrogen-bond acceptors (Lipinski definition) is 7. The van der Waals surface area contributed by atoms with Gasteiger partial charge < -0.3 is 5.32 Å². The minimum Gasteiger partial charge on any atom is -0.324 e. The third-order valence-electron chi connectivity index (χ3n) is 3.44. The number of anilines is 2. The van der Waals surface area contributed by atoms with Crippen LogP contribution in [0.25, 0.3) is 10.4 Å². The van der Waals surface area contributed by atoms with E-state index in [0.29, 0.717) is 21.1 Å². The van der Waals surface area contributed by atoms with Gasteiger partial charge in [0, 0.05) is 18.1 Å². The van der Waals surface area contributed by atoms with Gasteiger partial charge in [0.1, 0.15) is 16.5 Å². The number of rotatable bonds is 5. The molecule has 28 heavy (non-hydrogen) atoms. The maximum absolute atomic E-state index is 12.8. The number of benzene rings is 1. The zero-order chi connectivity index (χ0) is 20.5. The van der Waals surface area contributed by atoms with Crippen molar-refractivity contribution in [2.24, 2.45) is 5.14 Å². The first-order valence-electron chi connectivity index (χ1n) is 7.74. The molecule has 0 aliphatic rings. The molecule has 12 heteroatoms. The SMILES string of the molecule is Cc1cc(Nc2nccc(C(F)(F)F)n2)cc(-c2cnc(CS(N)(=O)=O)s2)c1. The Morgan fingerprint density at radius 1 is 1.21 bits per heavy atom. The largest absolute Gasteiger partial charge is 0.433 e. The summed E-state index contributed by atoms with van der Waals surface area (Å²) in [5.41, 5.74) is 0.977. The fraction of sp³-hybridized carbons (Fsp3) is 0.188. The first kappa shape index (κ1) is 20.2. The van der Waals surface area contributed by atoms with Gasteiger partial charge in [0.05, 0.1) is 4.88 Å². The molecule has 0 saturated heterocycles. The van der Waals surface area contributed by atoms with Crippen LogP contribution in [0.4, 0.5) is 24.8 Å². The Morgan fingerprint density at radius 3 is 2.64 bits per heavy atom. The average Bonchev–Trinajstić information content (AvgIpc) is 3.00. The standard InChI is InChI=1S/C16H14F3N5O2S2/c1-9-4-10(12-7-22-14(27-12)8-28(20,25)26)6-11(5-9)23-15-21-3-2-13(24-15)16(17,18)19/h2-7H,8H2,1H3,(H2,20,25,26)(H,21,23,24). The summed E-state index contributed by atoms with van der Waals surface area (Å²) < 4.78 is 60.8. The highest BCUT2D eigenvalue weighted by Gasteiger charge is 2.32. The summed E-state index contributed by atoms with van der Waals surface area (Å²) in [5.74, 6) is -0.558. The molecule has 148 valence electrons. The van der Waals surface area contributed by atoms with Crippen molar-refractivity contribution in [3.63, 3.8) is 0 Å². The summed E-state index contributed by atoms with van der Waals surface area (Å²) in [4.78, 5) is 12.0. The summed E-state index contributed by atoms with van der Waals surface area (Å²) >= 11 is 1.16. The number of thiazole rings is 1. The van der Waals surface area contributed by atoms with E-state index in [-0.39, 0.29) is 11.7 Å². The maximum Gasteiger partial charge on any atom is 0.433 e. The molecule has 0 fully saturated rings. The van der Waals surface area contributed by atoms with Crippen LogP contribution in [0, 0.1) is 6.92 Å². The van der Waals surface area contributed by atoms with Crippen LogP contribution >= 0.6 is 11.3 Å². The average molecular weight is 429 g/mol. The number of hydrogen-bond donors (Lipinski definition) is 2. The van der Waals surface area contributed by atoms with Gasteiger partial charge in [-0.2, -0.15) is 13.2 Å². The molecule has 2 aromatic heterocycles. The third kappa shape index (κ3) is 5.24. The molecule has 0 amide bonds. The lowest BCUT2D eigenvalue weighted by Crippen LogP contribution is -2.14. The quantitative estimate of drug-likeness (QED) is 0.643. The summed E-state index contributed by atoms with van der Waals surface area (Å²) in [6.45, 7) is 1.81. The number of aryl methyl sites for hydroxylation is 1. The van der Waals surface area contributed by atoms with Gasteiger partial charge in [0.25, 0.3) is 0 Å². The van der Waals surface area contributed by atoms with E-state index >= 15 is 0 Å². The molecule has 0 bridgehead atoms. The van der Waals surface area contributed by atoms with Crippen molar-refractivity contribution < 1.29 is 21.6 Å². The van der Waals surface area contributed by atoms with E-state index in [9.17, 15) is 21.6 Å². The second-order valence-electron chi connectivity index (χ2n) is 5.90. The molecule has 0 saturated carbocycles. The molecule has 1 aromatic carbocycles. The monoisotopic (exact) mass is 429 g/mol. The van der Waals surface area contributed by atoms with Crippen LogP contribution in [-0.4, -0.2) is 23.4 Å². The van der Waals surface area contributed by atoms with Crippen LogP contribution in [0.5, 0.6) is 0 Å². The summed E-state index contributed by atoms with van der Waals surface area (Å²) in [7, 11) is -3.69. The third-order valence-corrected chi connectivity index (χ3v) is 5.35. The minimum atomic E-state index is -4.57. The second kappa shape index (κ2) is 7.45. The van der Waals surface area contributed by atoms with Crippen molar-refractivity contribution in [3.05, 3.63) is 52.9 Å². The minimum absolute atomic E-state index is 0.189. The summed E-state index contributed by atoms with van der Waals surface area (Å²) in [6.07, 6.45) is -2.03. The molecule has 0 spiro atoms. The van der Waals surface area contributed by atoms with Crippen molar-refractivity contribution in [1.82, 2.24) is 15.0 Å². The van der Waals surface area contributed by atoms with Crippen molar-refractivity contribution in [3.8, 4) is 10.4 Å². The first-order chi connectivity index (χ1) is 13.0. The fourth-order valence-corrected chi connectivity index (χ4v) is 4.23. The van der Waals surface area contributed by atoms with E-state index in [0.717, 1.165) is 29.2 Å². The molecule has 0 unspecified atom stereocenters. The zero-order valence-electron chi connectivity index (χ0n) is 14.4. The van der Waals surface area contributed by atoms with Crippen LogP contribution in [0.3, 0.4) is 0 Å². The van der Waals surface area contributed by atoms with E-state index in [1.54, 1.807) is 12.1 Å². The molecule has 3 N–H and O–H groups in total. The number of nitrogens with one attached hydrogen (secondary N) is 1. The number of aromatic nitrogens is 3. The molecule has 0 radical (unpaired) electrons. The normalized spacial score (nSPS) is 12.2. The number of halogens is 3. The van der Waals surface area contributed by atoms with Crippen LogP contribution in [0.15, 0.2) is 36.7 Å². The van der Waals surface area contributed by atoms with E-state index in [1.165, 1.54) is 6.20 Å². The van der Waals surface area contributed by atoms with Gasteiger partial charge in [-0.25, -0.2) is 28.5 Å². The molecule has 0 atom stereocenters. The van der Waals surface area contributed by atoms with E-state index < -0.39 is 21.9 Å². The van der Waals surface area contributed by atoms with Gasteiger partial charge in [-0.15, -0.1) is 11.3 Å². The van der Waals surface area contributed by atoms with Crippen molar-refractivity contribution >= 4 is 33.0 Å². The van der Waals surface area contributed by atoms with Gasteiger partial charge in [-0.1, -0.05) is 6.07 Å². The predicted molar refractivity (Wildman–Crippen MR) is 99.4 cm³/mol. The Morgan fingerprint density at radius 2 is 1.96 bits per heavy atom. The van der Waals surface area contributed by atoms with E-state index in [1.807, 2.05) is 13.0 Å². The lowest BCUT2D eigenvalue weighted by molar-refractivity contribution is -0.141. The van der Waals surface area contributed by atoms with E-state index in [4.69, 9.17) is 5.14 Å². The molecule has 0 aliphatic carbocycles. The molecule has 7 nitrogen and oxygen atoms in total. The smallest absolute Gasteiger partial charge is 0.324 e. The summed E-state index contributed by atoms with van der Waals surface area (Å²) in [5, 5.41) is 8.13. The highest BCUT2D eigenvalue weighted by molar-refractivity contribution is 7.88. The van der Waals surface area contributed by atoms with Crippen LogP contribution in [0.1, 0.15) is 16.3 Å². The molecule has 3 rings (SSSR count). The fourth-order valence-electron chi connectivity index (χ4n) is 2.39. The van der Waals surface area contributed by atoms with Crippen molar-refractivity contribution in [2.75, 3.05) is 5.32 Å². The zero-order valence-corrected chi connectivity index (χ0v) is 16.0. The molecular weight excluding hydrogens is 415 g/mol. The molecule has 0 aliphatic heterocycles. The van der Waals surface area contributed by atoms with E-state index in [2.05, 4.69) is 20.3 Å². The highest BCUT2D eigenvalue weighted by Crippen LogP contribution is 2.31. The lowest BCUT2D eigenvalue weighted by Gasteiger charge is -2.10. The Labute approximate surface area is 162 Å². The van der Waals surface area contributed by atoms with Crippen LogP contribution in [0.2, 0.25) is 0 Å². The topological polar surface area (TPSA) is 111 Å². The number of alkyl halides is 3. The Balaban J connectivity index is 1.88. The number of primary sulfonamides is 1. The van der Waals surface area contributed by atoms with Gasteiger partial charge >= 0.3 is 6.18 Å². The van der Waals surface area contributed by atoms with Gasteiger partial charge in [0.15, 0.2) is 0 Å². The van der Waals surface area contributed by atoms with Crippen molar-refractivity contribution in [2.45, 2.75) is 18.9 Å². The Kier molecular flexibility index (Phi) is 5.37. The molecular formula is C16H14F3N5O2S2. The predicted octanol–water partition coefficient (Wildman–Crippen LogP) is 3.46. The molecule has 2 heterocycles. The second-order valence-corrected chi connectivity index (χ2v) is 8.63. The Hall–Kier alpha value is -2.57. The summed E-state index contributed by atoms with van der Waals surface area (Å²) in [6, 6.07) is 6.04. The number of nitrogens with zero attached hydrogens (tertiary/aromatic N) is 3. The number of sulfonamides is 1. The lowest BCUT2D eigenvalue weighted by atomic mass is 10.1. The van der Waals surface area contributed by atoms with Crippen LogP contribution in [-0.2, 0) is 22.0 Å². The Bertz CT molecular complexity index is 1110. The highest BCUT2D eigenvalue weighted by atomic mass is 32.2. The first-order valence-corrected chi connectivity index (χ1v) is 10.3. The van der Waals surface area contributed by atoms with Gasteiger partial charge in [-0.05, 0) is 36.2 Å².